The van der Waals surface area contributed by atoms with E-state index in [0.29, 0.717) is 6.04 Å². The molecular weight excluding hydrogens is 232 g/mol. The predicted octanol–water partition coefficient (Wildman–Crippen LogP) is 4.06. The molecule has 1 fully saturated rings. The Hall–Kier alpha value is -0.0800. The van der Waals surface area contributed by atoms with Crippen molar-refractivity contribution in [2.75, 3.05) is 19.6 Å². The van der Waals surface area contributed by atoms with Gasteiger partial charge in [0.25, 0.3) is 0 Å². The summed E-state index contributed by atoms with van der Waals surface area (Å²) in [5, 5.41) is 3.68. The standard InChI is InChI=1S/C17H36N2/c1-5-7-8-13-19(15(3)4)14-12-16-10-9-11-17(16)18-6-2/h15-18H,5-14H2,1-4H3. The molecule has 2 atom stereocenters. The largest absolute Gasteiger partial charge is 0.314 e. The minimum absolute atomic E-state index is 0.704. The lowest BCUT2D eigenvalue weighted by Crippen LogP contribution is -2.37. The van der Waals surface area contributed by atoms with Crippen molar-refractivity contribution in [1.29, 1.82) is 0 Å². The lowest BCUT2D eigenvalue weighted by atomic mass is 9.98. The first-order valence-corrected chi connectivity index (χ1v) is 8.66. The molecule has 0 bridgehead atoms. The summed E-state index contributed by atoms with van der Waals surface area (Å²) in [5.74, 6) is 0.923. The molecule has 0 heterocycles. The fourth-order valence-corrected chi connectivity index (χ4v) is 3.44. The number of unbranched alkanes of at least 4 members (excludes halogenated alkanes) is 2. The molecule has 0 aromatic rings. The molecule has 0 saturated heterocycles. The van der Waals surface area contributed by atoms with Crippen LogP contribution >= 0.6 is 0 Å². The molecule has 0 aliphatic heterocycles. The highest BCUT2D eigenvalue weighted by Crippen LogP contribution is 2.28. The zero-order valence-electron chi connectivity index (χ0n) is 13.8. The molecule has 0 radical (unpaired) electrons. The second-order valence-corrected chi connectivity index (χ2v) is 6.48. The molecule has 1 saturated carbocycles. The lowest BCUT2D eigenvalue weighted by molar-refractivity contribution is 0.195. The van der Waals surface area contributed by atoms with Gasteiger partial charge in [0.1, 0.15) is 0 Å². The quantitative estimate of drug-likeness (QED) is 0.601. The van der Waals surface area contributed by atoms with Gasteiger partial charge in [0.05, 0.1) is 0 Å². The third kappa shape index (κ3) is 6.27. The average Bonchev–Trinajstić information content (AvgIpc) is 2.81. The molecule has 0 aromatic carbocycles. The van der Waals surface area contributed by atoms with Crippen LogP contribution in [0.5, 0.6) is 0 Å². The van der Waals surface area contributed by atoms with Gasteiger partial charge in [0.15, 0.2) is 0 Å². The minimum Gasteiger partial charge on any atom is -0.314 e. The predicted molar refractivity (Wildman–Crippen MR) is 85.7 cm³/mol. The van der Waals surface area contributed by atoms with E-state index in [2.05, 4.69) is 37.9 Å². The fraction of sp³-hybridized carbons (Fsp3) is 1.00. The molecule has 0 aromatic heterocycles. The molecule has 1 aliphatic carbocycles. The second kappa shape index (κ2) is 9.77. The van der Waals surface area contributed by atoms with Crippen molar-refractivity contribution in [3.8, 4) is 0 Å². The van der Waals surface area contributed by atoms with Crippen molar-refractivity contribution < 1.29 is 0 Å². The van der Waals surface area contributed by atoms with Crippen molar-refractivity contribution in [3.63, 3.8) is 0 Å². The van der Waals surface area contributed by atoms with E-state index in [1.165, 1.54) is 58.0 Å². The Balaban J connectivity index is 2.29. The summed E-state index contributed by atoms with van der Waals surface area (Å²) in [6.45, 7) is 13.0. The van der Waals surface area contributed by atoms with Crippen LogP contribution in [0.1, 0.15) is 72.6 Å². The fourth-order valence-electron chi connectivity index (χ4n) is 3.44. The van der Waals surface area contributed by atoms with Gasteiger partial charge in [-0.3, -0.25) is 0 Å². The third-order valence-electron chi connectivity index (χ3n) is 4.69. The van der Waals surface area contributed by atoms with E-state index in [-0.39, 0.29) is 0 Å². The van der Waals surface area contributed by atoms with Gasteiger partial charge in [-0.05, 0) is 65.1 Å². The van der Waals surface area contributed by atoms with Gasteiger partial charge >= 0.3 is 0 Å². The van der Waals surface area contributed by atoms with Crippen LogP contribution in [0, 0.1) is 5.92 Å². The van der Waals surface area contributed by atoms with Crippen LogP contribution in [0.15, 0.2) is 0 Å². The van der Waals surface area contributed by atoms with Gasteiger partial charge in [0, 0.05) is 12.1 Å². The highest BCUT2D eigenvalue weighted by molar-refractivity contribution is 4.83. The van der Waals surface area contributed by atoms with Crippen LogP contribution in [0.3, 0.4) is 0 Å². The Bertz CT molecular complexity index is 215. The molecule has 1 rings (SSSR count). The monoisotopic (exact) mass is 268 g/mol. The van der Waals surface area contributed by atoms with Gasteiger partial charge in [0.2, 0.25) is 0 Å². The van der Waals surface area contributed by atoms with Crippen LogP contribution in [-0.2, 0) is 0 Å². The summed E-state index contributed by atoms with van der Waals surface area (Å²) in [4.78, 5) is 2.69. The maximum absolute atomic E-state index is 3.68. The zero-order valence-corrected chi connectivity index (χ0v) is 13.8. The van der Waals surface area contributed by atoms with Crippen molar-refractivity contribution in [1.82, 2.24) is 10.2 Å². The van der Waals surface area contributed by atoms with Crippen LogP contribution in [0.2, 0.25) is 0 Å². The normalized spacial score (nSPS) is 23.7. The maximum Gasteiger partial charge on any atom is 0.00956 e. The third-order valence-corrected chi connectivity index (χ3v) is 4.69. The van der Waals surface area contributed by atoms with E-state index < -0.39 is 0 Å². The summed E-state index contributed by atoms with van der Waals surface area (Å²) >= 11 is 0. The van der Waals surface area contributed by atoms with E-state index in [9.17, 15) is 0 Å². The number of hydrogen-bond acceptors (Lipinski definition) is 2. The molecule has 2 nitrogen and oxygen atoms in total. The summed E-state index contributed by atoms with van der Waals surface area (Å²) in [5.41, 5.74) is 0. The highest BCUT2D eigenvalue weighted by Gasteiger charge is 2.26. The molecular formula is C17H36N2. The SMILES string of the molecule is CCCCCN(CCC1CCCC1NCC)C(C)C. The Kier molecular flexibility index (Phi) is 8.72. The number of hydrogen-bond donors (Lipinski definition) is 1. The van der Waals surface area contributed by atoms with Gasteiger partial charge in [-0.2, -0.15) is 0 Å². The van der Waals surface area contributed by atoms with E-state index in [0.717, 1.165) is 18.5 Å². The van der Waals surface area contributed by atoms with E-state index in [1.807, 2.05) is 0 Å². The molecule has 2 heteroatoms. The molecule has 19 heavy (non-hydrogen) atoms. The molecule has 0 spiro atoms. The Morgan fingerprint density at radius 3 is 2.53 bits per heavy atom. The van der Waals surface area contributed by atoms with Crippen molar-refractivity contribution in [3.05, 3.63) is 0 Å². The smallest absolute Gasteiger partial charge is 0.00956 e. The maximum atomic E-state index is 3.68. The molecule has 114 valence electrons. The first kappa shape index (κ1) is 17.0. The van der Waals surface area contributed by atoms with Crippen molar-refractivity contribution in [2.24, 2.45) is 5.92 Å². The lowest BCUT2D eigenvalue weighted by Gasteiger charge is -2.29. The first-order chi connectivity index (χ1) is 9.19. The Morgan fingerprint density at radius 2 is 1.89 bits per heavy atom. The molecule has 2 unspecified atom stereocenters. The summed E-state index contributed by atoms with van der Waals surface area (Å²) < 4.78 is 0. The minimum atomic E-state index is 0.704. The summed E-state index contributed by atoms with van der Waals surface area (Å²) in [6, 6.07) is 1.51. The van der Waals surface area contributed by atoms with Gasteiger partial charge in [-0.25, -0.2) is 0 Å². The highest BCUT2D eigenvalue weighted by atomic mass is 15.1. The van der Waals surface area contributed by atoms with Crippen molar-refractivity contribution in [2.45, 2.75) is 84.7 Å². The summed E-state index contributed by atoms with van der Waals surface area (Å²) in [7, 11) is 0. The second-order valence-electron chi connectivity index (χ2n) is 6.48. The number of rotatable bonds is 10. The average molecular weight is 268 g/mol. The van der Waals surface area contributed by atoms with Gasteiger partial charge in [-0.1, -0.05) is 33.1 Å². The first-order valence-electron chi connectivity index (χ1n) is 8.66. The number of nitrogens with one attached hydrogen (secondary N) is 1. The van der Waals surface area contributed by atoms with E-state index in [1.54, 1.807) is 0 Å². The van der Waals surface area contributed by atoms with Gasteiger partial charge in [-0.15, -0.1) is 0 Å². The summed E-state index contributed by atoms with van der Waals surface area (Å²) in [6.07, 6.45) is 9.75. The van der Waals surface area contributed by atoms with Gasteiger partial charge < -0.3 is 10.2 Å². The van der Waals surface area contributed by atoms with Crippen LogP contribution in [0.4, 0.5) is 0 Å². The van der Waals surface area contributed by atoms with Crippen LogP contribution < -0.4 is 5.32 Å². The van der Waals surface area contributed by atoms with E-state index >= 15 is 0 Å². The molecule has 1 N–H and O–H groups in total. The van der Waals surface area contributed by atoms with Crippen LogP contribution in [-0.4, -0.2) is 36.6 Å². The van der Waals surface area contributed by atoms with Crippen LogP contribution in [0.25, 0.3) is 0 Å². The number of nitrogens with zero attached hydrogens (tertiary/aromatic N) is 1. The molecule has 0 amide bonds. The van der Waals surface area contributed by atoms with Crippen molar-refractivity contribution >= 4 is 0 Å². The zero-order chi connectivity index (χ0) is 14.1. The Labute approximate surface area is 121 Å². The topological polar surface area (TPSA) is 15.3 Å². The molecule has 1 aliphatic rings. The Morgan fingerprint density at radius 1 is 1.11 bits per heavy atom. The van der Waals surface area contributed by atoms with E-state index in [4.69, 9.17) is 0 Å².